The van der Waals surface area contributed by atoms with Crippen LogP contribution in [0.5, 0.6) is 5.75 Å². The Kier molecular flexibility index (Phi) is 8.04. The third-order valence-corrected chi connectivity index (χ3v) is 8.27. The Hall–Kier alpha value is -2.59. The first-order chi connectivity index (χ1) is 18.0. The predicted octanol–water partition coefficient (Wildman–Crippen LogP) is 8.73. The van der Waals surface area contributed by atoms with E-state index < -0.39 is 0 Å². The molecule has 5 heteroatoms. The lowest BCUT2D eigenvalue weighted by Gasteiger charge is -2.38. The third-order valence-electron chi connectivity index (χ3n) is 7.53. The molecular weight excluding hydrogens is 504 g/mol. The summed E-state index contributed by atoms with van der Waals surface area (Å²) in [6.45, 7) is 8.34. The summed E-state index contributed by atoms with van der Waals surface area (Å²) in [5.74, 6) is 1.35. The van der Waals surface area contributed by atoms with Crippen molar-refractivity contribution in [3.8, 4) is 5.75 Å². The first-order valence-electron chi connectivity index (χ1n) is 13.1. The Morgan fingerprint density at radius 2 is 1.76 bits per heavy atom. The first-order valence-corrected chi connectivity index (χ1v) is 13.9. The second-order valence-corrected chi connectivity index (χ2v) is 10.6. The van der Waals surface area contributed by atoms with E-state index >= 15 is 0 Å². The van der Waals surface area contributed by atoms with Gasteiger partial charge in [-0.05, 0) is 75.6 Å². The van der Waals surface area contributed by atoms with Gasteiger partial charge in [-0.15, -0.1) is 0 Å². The summed E-state index contributed by atoms with van der Waals surface area (Å²) in [5, 5.41) is 1.16. The van der Waals surface area contributed by atoms with Gasteiger partial charge in [0.15, 0.2) is 0 Å². The molecule has 5 rings (SSSR count). The van der Waals surface area contributed by atoms with Crippen LogP contribution in [0.2, 0.25) is 5.02 Å². The van der Waals surface area contributed by atoms with Crippen LogP contribution in [0, 0.1) is 11.7 Å². The lowest BCUT2D eigenvalue weighted by molar-refractivity contribution is 0.0806. The normalized spacial score (nSPS) is 16.5. The second-order valence-electron chi connectivity index (χ2n) is 9.86. The van der Waals surface area contributed by atoms with Gasteiger partial charge in [0.25, 0.3) is 0 Å². The Bertz CT molecular complexity index is 1340. The van der Waals surface area contributed by atoms with Gasteiger partial charge >= 0.3 is 0 Å². The molecule has 2 nitrogen and oxygen atoms in total. The van der Waals surface area contributed by atoms with Gasteiger partial charge in [0.05, 0.1) is 10.1 Å². The highest BCUT2D eigenvalue weighted by molar-refractivity contribution is 6.51. The van der Waals surface area contributed by atoms with Crippen molar-refractivity contribution < 1.29 is 9.13 Å². The summed E-state index contributed by atoms with van der Waals surface area (Å²) in [5.41, 5.74) is 7.30. The highest BCUT2D eigenvalue weighted by Crippen LogP contribution is 2.46. The monoisotopic (exact) mass is 535 g/mol. The maximum absolute atomic E-state index is 13.9. The number of hydrogen-bond acceptors (Lipinski definition) is 2. The molecule has 1 aliphatic heterocycles. The smallest absolute Gasteiger partial charge is 0.124 e. The number of fused-ring (bicyclic) bond motifs is 1. The van der Waals surface area contributed by atoms with Crippen molar-refractivity contribution in [1.29, 1.82) is 0 Å². The fourth-order valence-corrected chi connectivity index (χ4v) is 6.04. The number of allylic oxidation sites excluding steroid dienone is 3. The van der Waals surface area contributed by atoms with Crippen LogP contribution in [0.25, 0.3) is 16.2 Å². The van der Waals surface area contributed by atoms with Crippen molar-refractivity contribution >= 4 is 39.4 Å². The number of nitrogens with zero attached hydrogens (tertiary/aromatic N) is 1. The summed E-state index contributed by atoms with van der Waals surface area (Å²) in [6, 6.07) is 21.1. The summed E-state index contributed by atoms with van der Waals surface area (Å²) in [6.07, 6.45) is 2.71. The molecular formula is C32H32Cl2FNO. The topological polar surface area (TPSA) is 12.5 Å². The van der Waals surface area contributed by atoms with E-state index in [1.54, 1.807) is 6.07 Å². The van der Waals surface area contributed by atoms with Crippen molar-refractivity contribution in [2.24, 2.45) is 5.92 Å². The van der Waals surface area contributed by atoms with E-state index in [9.17, 15) is 4.39 Å². The van der Waals surface area contributed by atoms with Crippen LogP contribution < -0.4 is 4.74 Å². The largest absolute Gasteiger partial charge is 0.492 e. The molecule has 0 saturated carbocycles. The van der Waals surface area contributed by atoms with E-state index in [0.717, 1.165) is 69.5 Å². The lowest BCUT2D eigenvalue weighted by atomic mass is 9.87. The summed E-state index contributed by atoms with van der Waals surface area (Å²) in [4.78, 5) is 2.44. The van der Waals surface area contributed by atoms with Gasteiger partial charge < -0.3 is 4.74 Å². The standard InChI is InChI=1S/C32H32Cl2FNO/c1-3-21-19-36(20-21)15-16-37-25-12-9-22(10-13-25)31(26(4-2)28-14-11-24(35)18-30(28)33)29-17-23-7-5-6-8-27(23)32(29)34/h5-14,18,21H,3-4,15-17,19-20H2,1-2H3/b31-26+. The molecule has 0 spiro atoms. The van der Waals surface area contributed by atoms with Crippen molar-refractivity contribution in [2.75, 3.05) is 26.2 Å². The molecule has 1 saturated heterocycles. The van der Waals surface area contributed by atoms with E-state index in [0.29, 0.717) is 11.6 Å². The number of rotatable bonds is 9. The number of halogens is 3. The predicted molar refractivity (Wildman–Crippen MR) is 154 cm³/mol. The fourth-order valence-electron chi connectivity index (χ4n) is 5.41. The molecule has 37 heavy (non-hydrogen) atoms. The zero-order chi connectivity index (χ0) is 25.9. The number of likely N-dealkylation sites (tertiary alicyclic amines) is 1. The molecule has 0 amide bonds. The van der Waals surface area contributed by atoms with E-state index in [1.807, 2.05) is 24.3 Å². The molecule has 0 N–H and O–H groups in total. The Labute approximate surface area is 229 Å². The van der Waals surface area contributed by atoms with Crippen LogP contribution in [-0.2, 0) is 6.42 Å². The SMILES string of the molecule is CC/C(=C(\C1=C(Cl)c2ccccc2C1)c1ccc(OCCN2CC(CC)C2)cc1)c1ccc(F)cc1Cl. The average Bonchev–Trinajstić information content (AvgIpc) is 3.21. The van der Waals surface area contributed by atoms with E-state index in [2.05, 4.69) is 43.0 Å². The Morgan fingerprint density at radius 3 is 2.43 bits per heavy atom. The minimum Gasteiger partial charge on any atom is -0.492 e. The molecule has 1 heterocycles. The minimum atomic E-state index is -0.346. The summed E-state index contributed by atoms with van der Waals surface area (Å²) < 4.78 is 20.0. The maximum Gasteiger partial charge on any atom is 0.124 e. The lowest BCUT2D eigenvalue weighted by Crippen LogP contribution is -2.47. The van der Waals surface area contributed by atoms with Crippen molar-refractivity contribution in [1.82, 2.24) is 4.90 Å². The highest BCUT2D eigenvalue weighted by Gasteiger charge is 2.27. The van der Waals surface area contributed by atoms with Gasteiger partial charge in [-0.3, -0.25) is 4.90 Å². The van der Waals surface area contributed by atoms with Gasteiger partial charge in [-0.1, -0.05) is 85.9 Å². The first kappa shape index (κ1) is 26.0. The average molecular weight is 537 g/mol. The second kappa shape index (κ2) is 11.4. The zero-order valence-electron chi connectivity index (χ0n) is 21.4. The highest BCUT2D eigenvalue weighted by atomic mass is 35.5. The van der Waals surface area contributed by atoms with Crippen LogP contribution in [0.1, 0.15) is 48.9 Å². The summed E-state index contributed by atoms with van der Waals surface area (Å²) in [7, 11) is 0. The molecule has 2 aliphatic rings. The van der Waals surface area contributed by atoms with Crippen LogP contribution in [0.4, 0.5) is 4.39 Å². The minimum absolute atomic E-state index is 0.346. The molecule has 0 atom stereocenters. The maximum atomic E-state index is 13.9. The van der Waals surface area contributed by atoms with E-state index in [1.165, 1.54) is 37.2 Å². The van der Waals surface area contributed by atoms with Gasteiger partial charge in [-0.2, -0.15) is 0 Å². The Balaban J connectivity index is 1.47. The number of ether oxygens (including phenoxy) is 1. The molecule has 0 bridgehead atoms. The fraction of sp³-hybridized carbons (Fsp3) is 0.312. The van der Waals surface area contributed by atoms with Crippen molar-refractivity contribution in [3.05, 3.63) is 105 Å². The molecule has 3 aromatic rings. The number of benzene rings is 3. The molecule has 0 aromatic heterocycles. The van der Waals surface area contributed by atoms with Gasteiger partial charge in [-0.25, -0.2) is 4.39 Å². The van der Waals surface area contributed by atoms with Gasteiger partial charge in [0.1, 0.15) is 18.2 Å². The number of hydrogen-bond donors (Lipinski definition) is 0. The Morgan fingerprint density at radius 1 is 1.00 bits per heavy atom. The van der Waals surface area contributed by atoms with Crippen LogP contribution in [-0.4, -0.2) is 31.1 Å². The molecule has 0 radical (unpaired) electrons. The summed E-state index contributed by atoms with van der Waals surface area (Å²) >= 11 is 13.6. The van der Waals surface area contributed by atoms with Gasteiger partial charge in [0, 0.05) is 26.1 Å². The molecule has 3 aromatic carbocycles. The van der Waals surface area contributed by atoms with Crippen molar-refractivity contribution in [3.63, 3.8) is 0 Å². The third kappa shape index (κ3) is 5.50. The quantitative estimate of drug-likeness (QED) is 0.254. The van der Waals surface area contributed by atoms with E-state index in [-0.39, 0.29) is 5.82 Å². The molecule has 1 fully saturated rings. The van der Waals surface area contributed by atoms with Crippen LogP contribution in [0.3, 0.4) is 0 Å². The molecule has 1 aliphatic carbocycles. The van der Waals surface area contributed by atoms with E-state index in [4.69, 9.17) is 27.9 Å². The molecule has 192 valence electrons. The van der Waals surface area contributed by atoms with Gasteiger partial charge in [0.2, 0.25) is 0 Å². The zero-order valence-corrected chi connectivity index (χ0v) is 22.9. The molecule has 0 unspecified atom stereocenters. The van der Waals surface area contributed by atoms with Crippen LogP contribution >= 0.6 is 23.2 Å². The van der Waals surface area contributed by atoms with Crippen LogP contribution in [0.15, 0.2) is 72.3 Å². The van der Waals surface area contributed by atoms with Crippen molar-refractivity contribution in [2.45, 2.75) is 33.1 Å².